The molecular formula is C7H10O. The van der Waals surface area contributed by atoms with E-state index in [2.05, 4.69) is 13.0 Å². The van der Waals surface area contributed by atoms with Crippen molar-refractivity contribution in [2.45, 2.75) is 13.3 Å². The minimum atomic E-state index is 0.785. The summed E-state index contributed by atoms with van der Waals surface area (Å²) in [6.45, 7) is 2.92. The summed E-state index contributed by atoms with van der Waals surface area (Å²) >= 11 is 0. The summed E-state index contributed by atoms with van der Waals surface area (Å²) in [4.78, 5) is 0. The van der Waals surface area contributed by atoms with Crippen LogP contribution in [0.5, 0.6) is 0 Å². The van der Waals surface area contributed by atoms with Crippen LogP contribution in [0.1, 0.15) is 13.3 Å². The van der Waals surface area contributed by atoms with Crippen LogP contribution in [0.25, 0.3) is 0 Å². The molecule has 1 heterocycles. The van der Waals surface area contributed by atoms with Crippen LogP contribution in [-0.2, 0) is 4.74 Å². The van der Waals surface area contributed by atoms with Gasteiger partial charge in [0, 0.05) is 0 Å². The Bertz CT molecular complexity index is 122. The number of ether oxygens (including phenoxy) is 1. The molecule has 0 saturated heterocycles. The van der Waals surface area contributed by atoms with Gasteiger partial charge < -0.3 is 4.74 Å². The normalized spacial score (nSPS) is 17.4. The summed E-state index contributed by atoms with van der Waals surface area (Å²) in [7, 11) is 0. The molecule has 8 heavy (non-hydrogen) atoms. The molecule has 0 aromatic rings. The summed E-state index contributed by atoms with van der Waals surface area (Å²) in [5, 5.41) is 0. The lowest BCUT2D eigenvalue weighted by molar-refractivity contribution is 0.273. The Hall–Kier alpha value is -0.720. The molecule has 0 spiro atoms. The van der Waals surface area contributed by atoms with Gasteiger partial charge in [0.05, 0.1) is 6.26 Å². The fourth-order valence-corrected chi connectivity index (χ4v) is 0.654. The fourth-order valence-electron chi connectivity index (χ4n) is 0.654. The molecule has 0 aromatic carbocycles. The Labute approximate surface area is 49.7 Å². The van der Waals surface area contributed by atoms with Crippen LogP contribution < -0.4 is 0 Å². The molecule has 1 heteroatoms. The zero-order chi connectivity index (χ0) is 5.82. The van der Waals surface area contributed by atoms with Gasteiger partial charge in [0.1, 0.15) is 6.61 Å². The zero-order valence-electron chi connectivity index (χ0n) is 5.05. The monoisotopic (exact) mass is 110 g/mol. The SMILES string of the molecule is CCC1=CC=COC1. The highest BCUT2D eigenvalue weighted by Crippen LogP contribution is 2.05. The molecule has 44 valence electrons. The molecule has 0 N–H and O–H groups in total. The highest BCUT2D eigenvalue weighted by molar-refractivity contribution is 5.14. The van der Waals surface area contributed by atoms with E-state index >= 15 is 0 Å². The molecule has 0 aliphatic carbocycles. The highest BCUT2D eigenvalue weighted by atomic mass is 16.5. The maximum absolute atomic E-state index is 5.02. The van der Waals surface area contributed by atoms with Gasteiger partial charge in [-0.15, -0.1) is 0 Å². The van der Waals surface area contributed by atoms with Crippen molar-refractivity contribution in [3.05, 3.63) is 24.0 Å². The summed E-state index contributed by atoms with van der Waals surface area (Å²) in [6, 6.07) is 0. The van der Waals surface area contributed by atoms with E-state index in [9.17, 15) is 0 Å². The number of hydrogen-bond donors (Lipinski definition) is 0. The molecule has 1 aliphatic rings. The standard InChI is InChI=1S/C7H10O/c1-2-7-4-3-5-8-6-7/h3-5H,2,6H2,1H3. The molecule has 0 bridgehead atoms. The molecule has 0 saturated carbocycles. The molecule has 1 nitrogen and oxygen atoms in total. The first kappa shape index (κ1) is 5.42. The molecule has 1 aliphatic heterocycles. The topological polar surface area (TPSA) is 9.23 Å². The molecule has 0 fully saturated rings. The van der Waals surface area contributed by atoms with Gasteiger partial charge in [0.25, 0.3) is 0 Å². The highest BCUT2D eigenvalue weighted by Gasteiger charge is 1.93. The second-order valence-corrected chi connectivity index (χ2v) is 1.82. The molecule has 0 amide bonds. The van der Waals surface area contributed by atoms with Gasteiger partial charge in [-0.25, -0.2) is 0 Å². The molecule has 0 unspecified atom stereocenters. The van der Waals surface area contributed by atoms with Gasteiger partial charge in [-0.2, -0.15) is 0 Å². The van der Waals surface area contributed by atoms with Crippen molar-refractivity contribution < 1.29 is 4.74 Å². The first-order chi connectivity index (χ1) is 3.93. The smallest absolute Gasteiger partial charge is 0.109 e. The average molecular weight is 110 g/mol. The van der Waals surface area contributed by atoms with E-state index < -0.39 is 0 Å². The third-order valence-electron chi connectivity index (χ3n) is 1.23. The molecular weight excluding hydrogens is 100 g/mol. The lowest BCUT2D eigenvalue weighted by atomic mass is 10.2. The Balaban J connectivity index is 2.50. The van der Waals surface area contributed by atoms with Gasteiger partial charge in [-0.1, -0.05) is 13.0 Å². The van der Waals surface area contributed by atoms with Crippen molar-refractivity contribution in [2.24, 2.45) is 0 Å². The van der Waals surface area contributed by atoms with E-state index in [1.165, 1.54) is 5.57 Å². The Morgan fingerprint density at radius 3 is 3.00 bits per heavy atom. The predicted octanol–water partition coefficient (Wildman–Crippen LogP) is 1.87. The lowest BCUT2D eigenvalue weighted by Crippen LogP contribution is -1.94. The summed E-state index contributed by atoms with van der Waals surface area (Å²) < 4.78 is 5.02. The fraction of sp³-hybridized carbons (Fsp3) is 0.429. The van der Waals surface area contributed by atoms with Crippen molar-refractivity contribution in [3.63, 3.8) is 0 Å². The van der Waals surface area contributed by atoms with E-state index in [4.69, 9.17) is 4.74 Å². The minimum Gasteiger partial charge on any atom is -0.497 e. The first-order valence-corrected chi connectivity index (χ1v) is 2.89. The number of hydrogen-bond acceptors (Lipinski definition) is 1. The maximum atomic E-state index is 5.02. The summed E-state index contributed by atoms with van der Waals surface area (Å²) in [6.07, 6.45) is 6.86. The van der Waals surface area contributed by atoms with E-state index in [1.807, 2.05) is 6.08 Å². The maximum Gasteiger partial charge on any atom is 0.109 e. The summed E-state index contributed by atoms with van der Waals surface area (Å²) in [5.74, 6) is 0. The zero-order valence-corrected chi connectivity index (χ0v) is 5.05. The second kappa shape index (κ2) is 2.55. The minimum absolute atomic E-state index is 0.785. The van der Waals surface area contributed by atoms with Gasteiger partial charge in [-0.05, 0) is 18.1 Å². The molecule has 1 rings (SSSR count). The second-order valence-electron chi connectivity index (χ2n) is 1.82. The van der Waals surface area contributed by atoms with Crippen LogP contribution in [0.2, 0.25) is 0 Å². The number of rotatable bonds is 1. The van der Waals surface area contributed by atoms with E-state index in [-0.39, 0.29) is 0 Å². The Morgan fingerprint density at radius 1 is 1.75 bits per heavy atom. The van der Waals surface area contributed by atoms with E-state index in [0.29, 0.717) is 0 Å². The van der Waals surface area contributed by atoms with E-state index in [0.717, 1.165) is 13.0 Å². The quantitative estimate of drug-likeness (QED) is 0.500. The van der Waals surface area contributed by atoms with Gasteiger partial charge in [0.2, 0.25) is 0 Å². The van der Waals surface area contributed by atoms with Gasteiger partial charge in [0.15, 0.2) is 0 Å². The van der Waals surface area contributed by atoms with Crippen LogP contribution in [0, 0.1) is 0 Å². The van der Waals surface area contributed by atoms with Crippen LogP contribution in [0.15, 0.2) is 24.0 Å². The van der Waals surface area contributed by atoms with Crippen LogP contribution in [0.3, 0.4) is 0 Å². The van der Waals surface area contributed by atoms with Crippen molar-refractivity contribution in [1.82, 2.24) is 0 Å². The van der Waals surface area contributed by atoms with Crippen molar-refractivity contribution >= 4 is 0 Å². The lowest BCUT2D eigenvalue weighted by Gasteiger charge is -2.06. The number of allylic oxidation sites excluding steroid dienone is 2. The van der Waals surface area contributed by atoms with Gasteiger partial charge in [-0.3, -0.25) is 0 Å². The van der Waals surface area contributed by atoms with E-state index in [1.54, 1.807) is 6.26 Å². The van der Waals surface area contributed by atoms with Crippen LogP contribution in [0.4, 0.5) is 0 Å². The van der Waals surface area contributed by atoms with Gasteiger partial charge >= 0.3 is 0 Å². The van der Waals surface area contributed by atoms with Crippen molar-refractivity contribution in [3.8, 4) is 0 Å². The molecule has 0 aromatic heterocycles. The Morgan fingerprint density at radius 2 is 2.62 bits per heavy atom. The van der Waals surface area contributed by atoms with Crippen LogP contribution in [-0.4, -0.2) is 6.61 Å². The van der Waals surface area contributed by atoms with Crippen molar-refractivity contribution in [1.29, 1.82) is 0 Å². The third-order valence-corrected chi connectivity index (χ3v) is 1.23. The average Bonchev–Trinajstić information content (AvgIpc) is 1.90. The molecule has 0 radical (unpaired) electrons. The molecule has 0 atom stereocenters. The third kappa shape index (κ3) is 1.12. The predicted molar refractivity (Wildman–Crippen MR) is 33.5 cm³/mol. The Kier molecular flexibility index (Phi) is 1.73. The largest absolute Gasteiger partial charge is 0.497 e. The van der Waals surface area contributed by atoms with Crippen molar-refractivity contribution in [2.75, 3.05) is 6.61 Å². The first-order valence-electron chi connectivity index (χ1n) is 2.89. The van der Waals surface area contributed by atoms with Crippen LogP contribution >= 0.6 is 0 Å². The summed E-state index contributed by atoms with van der Waals surface area (Å²) in [5.41, 5.74) is 1.37.